The number of halogens is 2. The summed E-state index contributed by atoms with van der Waals surface area (Å²) in [5.74, 6) is -2.98. The molecule has 13 heavy (non-hydrogen) atoms. The summed E-state index contributed by atoms with van der Waals surface area (Å²) in [6.45, 7) is 0. The molecule has 0 amide bonds. The third kappa shape index (κ3) is 1.87. The first kappa shape index (κ1) is 9.31. The molecule has 68 valence electrons. The Hall–Kier alpha value is -1.78. The number of nitrogens with zero attached hydrogens (tertiary/aromatic N) is 1. The molecular weight excluding hydrogens is 180 g/mol. The van der Waals surface area contributed by atoms with Gasteiger partial charge in [0.15, 0.2) is 0 Å². The number of hydrogen-bond donors (Lipinski definition) is 1. The Balaban J connectivity index is 3.20. The van der Waals surface area contributed by atoms with Crippen LogP contribution in [0.1, 0.15) is 10.4 Å². The predicted octanol–water partition coefficient (Wildman–Crippen LogP) is 1.61. The Labute approximate surface area is 72.3 Å². The summed E-state index contributed by atoms with van der Waals surface area (Å²) < 4.78 is 25.6. The molecule has 0 fully saturated rings. The number of hydrogen-bond acceptors (Lipinski definition) is 3. The van der Waals surface area contributed by atoms with E-state index in [0.717, 1.165) is 18.2 Å². The van der Waals surface area contributed by atoms with Crippen molar-refractivity contribution in [3.63, 3.8) is 0 Å². The highest BCUT2D eigenvalue weighted by molar-refractivity contribution is 6.35. The van der Waals surface area contributed by atoms with E-state index < -0.39 is 23.0 Å². The van der Waals surface area contributed by atoms with Gasteiger partial charge in [0.25, 0.3) is 0 Å². The van der Waals surface area contributed by atoms with Crippen LogP contribution < -0.4 is 0 Å². The van der Waals surface area contributed by atoms with Crippen LogP contribution in [0.3, 0.4) is 0 Å². The van der Waals surface area contributed by atoms with E-state index in [2.05, 4.69) is 5.16 Å². The van der Waals surface area contributed by atoms with Gasteiger partial charge in [0.2, 0.25) is 5.78 Å². The number of carbonyl (C=O) groups excluding carboxylic acids is 1. The van der Waals surface area contributed by atoms with Crippen molar-refractivity contribution in [2.24, 2.45) is 5.16 Å². The number of rotatable bonds is 2. The van der Waals surface area contributed by atoms with E-state index in [1.165, 1.54) is 0 Å². The fourth-order valence-corrected chi connectivity index (χ4v) is 0.850. The molecule has 5 heteroatoms. The zero-order chi connectivity index (χ0) is 9.84. The molecule has 0 radical (unpaired) electrons. The third-order valence-electron chi connectivity index (χ3n) is 1.38. The summed E-state index contributed by atoms with van der Waals surface area (Å²) in [7, 11) is 0. The molecule has 1 rings (SSSR count). The fourth-order valence-electron chi connectivity index (χ4n) is 0.850. The minimum absolute atomic E-state index is 0.432. The maximum Gasteiger partial charge on any atom is 0.213 e. The lowest BCUT2D eigenvalue weighted by molar-refractivity contribution is 0.106. The first-order valence-electron chi connectivity index (χ1n) is 3.32. The van der Waals surface area contributed by atoms with Gasteiger partial charge in [-0.1, -0.05) is 11.2 Å². The lowest BCUT2D eigenvalue weighted by Gasteiger charge is -1.98. The molecule has 0 bridgehead atoms. The van der Waals surface area contributed by atoms with Gasteiger partial charge >= 0.3 is 0 Å². The average molecular weight is 185 g/mol. The summed E-state index contributed by atoms with van der Waals surface area (Å²) in [5, 5.41) is 10.4. The van der Waals surface area contributed by atoms with Gasteiger partial charge in [-0.2, -0.15) is 0 Å². The molecule has 1 aromatic rings. The van der Waals surface area contributed by atoms with Gasteiger partial charge in [-0.15, -0.1) is 0 Å². The molecule has 0 unspecified atom stereocenters. The smallest absolute Gasteiger partial charge is 0.213 e. The highest BCUT2D eigenvalue weighted by atomic mass is 19.1. The van der Waals surface area contributed by atoms with Crippen molar-refractivity contribution >= 4 is 12.0 Å². The van der Waals surface area contributed by atoms with Crippen molar-refractivity contribution in [3.8, 4) is 0 Å². The second-order valence-corrected chi connectivity index (χ2v) is 2.21. The summed E-state index contributed by atoms with van der Waals surface area (Å²) in [6, 6.07) is 3.03. The molecule has 0 aliphatic heterocycles. The number of ketones is 1. The van der Waals surface area contributed by atoms with Gasteiger partial charge in [-0.25, -0.2) is 8.78 Å². The number of Topliss-reactive ketones (excluding diaryl/α,β-unsaturated/α-hetero) is 1. The number of carbonyl (C=O) groups is 1. The van der Waals surface area contributed by atoms with Crippen LogP contribution in [0.4, 0.5) is 8.78 Å². The molecule has 0 saturated carbocycles. The standard InChI is InChI=1S/C8H5F2NO2/c9-5-2-1-3-6(10)8(5)7(12)4-11-13/h1-4,13H. The Morgan fingerprint density at radius 1 is 1.38 bits per heavy atom. The monoisotopic (exact) mass is 185 g/mol. The van der Waals surface area contributed by atoms with Crippen molar-refractivity contribution in [1.82, 2.24) is 0 Å². The quantitative estimate of drug-likeness (QED) is 0.329. The normalized spacial score (nSPS) is 10.6. The lowest BCUT2D eigenvalue weighted by Crippen LogP contribution is -2.06. The van der Waals surface area contributed by atoms with E-state index in [0.29, 0.717) is 6.21 Å². The van der Waals surface area contributed by atoms with Crippen molar-refractivity contribution in [2.45, 2.75) is 0 Å². The molecule has 0 aromatic heterocycles. The fraction of sp³-hybridized carbons (Fsp3) is 0. The van der Waals surface area contributed by atoms with Crippen molar-refractivity contribution in [1.29, 1.82) is 0 Å². The van der Waals surface area contributed by atoms with E-state index in [1.54, 1.807) is 0 Å². The van der Waals surface area contributed by atoms with Crippen LogP contribution in [0.25, 0.3) is 0 Å². The van der Waals surface area contributed by atoms with Gasteiger partial charge in [-0.3, -0.25) is 4.79 Å². The predicted molar refractivity (Wildman–Crippen MR) is 41.0 cm³/mol. The average Bonchev–Trinajstić information content (AvgIpc) is 2.04. The summed E-state index contributed by atoms with van der Waals surface area (Å²) in [5.41, 5.74) is -0.722. The molecule has 0 heterocycles. The number of benzene rings is 1. The topological polar surface area (TPSA) is 49.7 Å². The summed E-state index contributed by atoms with van der Waals surface area (Å²) in [6.07, 6.45) is 0.432. The van der Waals surface area contributed by atoms with Gasteiger partial charge in [0, 0.05) is 0 Å². The first-order chi connectivity index (χ1) is 6.16. The van der Waals surface area contributed by atoms with Gasteiger partial charge < -0.3 is 5.21 Å². The van der Waals surface area contributed by atoms with Crippen LogP contribution in [0.5, 0.6) is 0 Å². The molecule has 0 atom stereocenters. The van der Waals surface area contributed by atoms with Gasteiger partial charge in [-0.05, 0) is 12.1 Å². The SMILES string of the molecule is O=C(C=NO)c1c(F)cccc1F. The molecule has 3 nitrogen and oxygen atoms in total. The van der Waals surface area contributed by atoms with Crippen molar-refractivity contribution in [2.75, 3.05) is 0 Å². The van der Waals surface area contributed by atoms with Crippen LogP contribution in [0.2, 0.25) is 0 Å². The van der Waals surface area contributed by atoms with Gasteiger partial charge in [0.05, 0.1) is 5.56 Å². The highest BCUT2D eigenvalue weighted by Crippen LogP contribution is 2.11. The molecular formula is C8H5F2NO2. The zero-order valence-corrected chi connectivity index (χ0v) is 6.37. The molecule has 0 aliphatic rings. The minimum atomic E-state index is -1.02. The Morgan fingerprint density at radius 2 is 1.92 bits per heavy atom. The zero-order valence-electron chi connectivity index (χ0n) is 6.37. The molecule has 1 N–H and O–H groups in total. The largest absolute Gasteiger partial charge is 0.411 e. The Kier molecular flexibility index (Phi) is 2.69. The Morgan fingerprint density at radius 3 is 2.38 bits per heavy atom. The summed E-state index contributed by atoms with van der Waals surface area (Å²) >= 11 is 0. The highest BCUT2D eigenvalue weighted by Gasteiger charge is 2.14. The van der Waals surface area contributed by atoms with Crippen LogP contribution in [0, 0.1) is 11.6 Å². The molecule has 0 saturated heterocycles. The third-order valence-corrected chi connectivity index (χ3v) is 1.38. The molecule has 0 spiro atoms. The maximum atomic E-state index is 12.8. The maximum absolute atomic E-state index is 12.8. The lowest BCUT2D eigenvalue weighted by atomic mass is 10.1. The van der Waals surface area contributed by atoms with E-state index >= 15 is 0 Å². The molecule has 1 aromatic carbocycles. The van der Waals surface area contributed by atoms with Gasteiger partial charge in [0.1, 0.15) is 17.8 Å². The first-order valence-corrected chi connectivity index (χ1v) is 3.32. The van der Waals surface area contributed by atoms with Crippen molar-refractivity contribution < 1.29 is 18.8 Å². The summed E-state index contributed by atoms with van der Waals surface area (Å²) in [4.78, 5) is 10.9. The van der Waals surface area contributed by atoms with E-state index in [4.69, 9.17) is 5.21 Å². The van der Waals surface area contributed by atoms with E-state index in [1.807, 2.05) is 0 Å². The minimum Gasteiger partial charge on any atom is -0.411 e. The second kappa shape index (κ2) is 3.75. The second-order valence-electron chi connectivity index (χ2n) is 2.21. The van der Waals surface area contributed by atoms with Crippen LogP contribution in [-0.4, -0.2) is 17.2 Å². The molecule has 0 aliphatic carbocycles. The van der Waals surface area contributed by atoms with E-state index in [9.17, 15) is 13.6 Å². The van der Waals surface area contributed by atoms with E-state index in [-0.39, 0.29) is 0 Å². The van der Waals surface area contributed by atoms with Crippen molar-refractivity contribution in [3.05, 3.63) is 35.4 Å². The van der Waals surface area contributed by atoms with Crippen LogP contribution in [0.15, 0.2) is 23.4 Å². The number of oxime groups is 1. The van der Waals surface area contributed by atoms with Crippen LogP contribution in [-0.2, 0) is 0 Å². The van der Waals surface area contributed by atoms with Crippen LogP contribution >= 0.6 is 0 Å². The Bertz CT molecular complexity index is 343.